The van der Waals surface area contributed by atoms with E-state index < -0.39 is 14.9 Å². The Morgan fingerprint density at radius 3 is 2.39 bits per heavy atom. The Morgan fingerprint density at radius 2 is 1.82 bits per heavy atom. The van der Waals surface area contributed by atoms with Crippen LogP contribution in [0.2, 0.25) is 0 Å². The van der Waals surface area contributed by atoms with Crippen molar-refractivity contribution in [3.05, 3.63) is 64.2 Å². The molecular formula is C19H24N4O4S. The standard InChI is InChI=1S/C19H24N4O4S/c1-4-22(5-2)28(26,27)19-13-17(23(24)25)11-12-18(19)21-20-14-15(3)16-9-7-6-8-10-16/h6-15,21H,4-5H2,1-3H3/b20-14-/t15-/m0/s1. The number of non-ortho nitro benzene ring substituents is 1. The molecule has 1 atom stereocenters. The lowest BCUT2D eigenvalue weighted by Gasteiger charge is -2.20. The smallest absolute Gasteiger partial charge is 0.270 e. The minimum absolute atomic E-state index is 0.00888. The summed E-state index contributed by atoms with van der Waals surface area (Å²) in [5, 5.41) is 15.3. The van der Waals surface area contributed by atoms with Gasteiger partial charge in [0.25, 0.3) is 5.69 Å². The average Bonchev–Trinajstić information content (AvgIpc) is 2.69. The van der Waals surface area contributed by atoms with Crippen LogP contribution in [0, 0.1) is 10.1 Å². The van der Waals surface area contributed by atoms with Gasteiger partial charge >= 0.3 is 0 Å². The molecule has 0 saturated heterocycles. The van der Waals surface area contributed by atoms with Gasteiger partial charge in [0, 0.05) is 37.4 Å². The lowest BCUT2D eigenvalue weighted by molar-refractivity contribution is -0.385. The molecule has 0 bridgehead atoms. The van der Waals surface area contributed by atoms with Crippen molar-refractivity contribution >= 4 is 27.6 Å². The van der Waals surface area contributed by atoms with Crippen molar-refractivity contribution in [2.24, 2.45) is 5.10 Å². The van der Waals surface area contributed by atoms with E-state index in [4.69, 9.17) is 0 Å². The Hall–Kier alpha value is -2.78. The van der Waals surface area contributed by atoms with Gasteiger partial charge in [0.15, 0.2) is 0 Å². The minimum Gasteiger partial charge on any atom is -0.277 e. The van der Waals surface area contributed by atoms with Crippen LogP contribution in [0.1, 0.15) is 32.3 Å². The number of anilines is 1. The number of nitro groups is 1. The van der Waals surface area contributed by atoms with Crippen molar-refractivity contribution in [1.82, 2.24) is 4.31 Å². The van der Waals surface area contributed by atoms with Crippen molar-refractivity contribution in [2.75, 3.05) is 18.5 Å². The van der Waals surface area contributed by atoms with Crippen molar-refractivity contribution in [3.8, 4) is 0 Å². The molecular weight excluding hydrogens is 380 g/mol. The SMILES string of the molecule is CCN(CC)S(=O)(=O)c1cc([N+](=O)[O-])ccc1N/N=C\[C@H](C)c1ccccc1. The average molecular weight is 404 g/mol. The topological polar surface area (TPSA) is 105 Å². The maximum atomic E-state index is 12.9. The maximum absolute atomic E-state index is 12.9. The number of nitro benzene ring substituents is 1. The highest BCUT2D eigenvalue weighted by Crippen LogP contribution is 2.29. The van der Waals surface area contributed by atoms with Gasteiger partial charge in [-0.05, 0) is 11.6 Å². The van der Waals surface area contributed by atoms with E-state index in [1.807, 2.05) is 37.3 Å². The molecule has 2 rings (SSSR count). The zero-order valence-corrected chi connectivity index (χ0v) is 16.9. The predicted molar refractivity (Wildman–Crippen MR) is 110 cm³/mol. The fourth-order valence-electron chi connectivity index (χ4n) is 2.69. The summed E-state index contributed by atoms with van der Waals surface area (Å²) in [5.74, 6) is 0.00888. The van der Waals surface area contributed by atoms with Crippen molar-refractivity contribution in [1.29, 1.82) is 0 Å². The molecule has 0 spiro atoms. The zero-order chi connectivity index (χ0) is 20.7. The van der Waals surface area contributed by atoms with Crippen LogP contribution in [-0.2, 0) is 10.0 Å². The molecule has 0 aliphatic rings. The first kappa shape index (κ1) is 21.5. The number of nitrogens with zero attached hydrogens (tertiary/aromatic N) is 3. The number of rotatable bonds is 9. The molecule has 0 fully saturated rings. The number of benzene rings is 2. The molecule has 1 N–H and O–H groups in total. The Bertz CT molecular complexity index is 942. The number of hydrogen-bond acceptors (Lipinski definition) is 6. The molecule has 8 nitrogen and oxygen atoms in total. The summed E-state index contributed by atoms with van der Waals surface area (Å²) in [5.41, 5.74) is 3.69. The monoisotopic (exact) mass is 404 g/mol. The third-order valence-corrected chi connectivity index (χ3v) is 6.40. The van der Waals surface area contributed by atoms with E-state index in [1.54, 1.807) is 20.1 Å². The van der Waals surface area contributed by atoms with Crippen LogP contribution in [0.5, 0.6) is 0 Å². The molecule has 0 radical (unpaired) electrons. The van der Waals surface area contributed by atoms with Gasteiger partial charge in [-0.1, -0.05) is 51.1 Å². The van der Waals surface area contributed by atoms with Crippen LogP contribution >= 0.6 is 0 Å². The van der Waals surface area contributed by atoms with Crippen LogP contribution in [0.3, 0.4) is 0 Å². The fourth-order valence-corrected chi connectivity index (χ4v) is 4.31. The Labute approximate surface area is 165 Å². The van der Waals surface area contributed by atoms with E-state index in [0.29, 0.717) is 0 Å². The number of sulfonamides is 1. The van der Waals surface area contributed by atoms with E-state index in [9.17, 15) is 18.5 Å². The van der Waals surface area contributed by atoms with Crippen LogP contribution < -0.4 is 5.43 Å². The van der Waals surface area contributed by atoms with Gasteiger partial charge in [-0.2, -0.15) is 9.41 Å². The second-order valence-corrected chi connectivity index (χ2v) is 8.02. The summed E-state index contributed by atoms with van der Waals surface area (Å²) in [4.78, 5) is 10.3. The molecule has 0 heterocycles. The molecule has 0 aliphatic heterocycles. The van der Waals surface area contributed by atoms with Crippen LogP contribution in [0.15, 0.2) is 58.5 Å². The van der Waals surface area contributed by atoms with E-state index in [2.05, 4.69) is 10.5 Å². The van der Waals surface area contributed by atoms with Crippen molar-refractivity contribution in [2.45, 2.75) is 31.6 Å². The molecule has 0 saturated carbocycles. The maximum Gasteiger partial charge on any atom is 0.270 e. The quantitative estimate of drug-likeness (QED) is 0.388. The molecule has 150 valence electrons. The van der Waals surface area contributed by atoms with Gasteiger partial charge in [0.2, 0.25) is 10.0 Å². The van der Waals surface area contributed by atoms with Crippen LogP contribution in [-0.4, -0.2) is 37.0 Å². The molecule has 0 unspecified atom stereocenters. The number of hydrogen-bond donors (Lipinski definition) is 1. The van der Waals surface area contributed by atoms with E-state index in [1.165, 1.54) is 16.4 Å². The highest BCUT2D eigenvalue weighted by Gasteiger charge is 2.27. The lowest BCUT2D eigenvalue weighted by Crippen LogP contribution is -2.31. The summed E-state index contributed by atoms with van der Waals surface area (Å²) in [6, 6.07) is 13.4. The predicted octanol–water partition coefficient (Wildman–Crippen LogP) is 3.83. The summed E-state index contributed by atoms with van der Waals surface area (Å²) in [6.07, 6.45) is 1.66. The second kappa shape index (κ2) is 9.43. The van der Waals surface area contributed by atoms with Gasteiger partial charge in [0.05, 0.1) is 10.6 Å². The largest absolute Gasteiger partial charge is 0.277 e. The first-order valence-electron chi connectivity index (χ1n) is 8.94. The summed E-state index contributed by atoms with van der Waals surface area (Å²) in [6.45, 7) is 5.91. The number of hydrazone groups is 1. The van der Waals surface area contributed by atoms with Crippen LogP contribution in [0.25, 0.3) is 0 Å². The molecule has 0 aliphatic carbocycles. The molecule has 2 aromatic carbocycles. The Morgan fingerprint density at radius 1 is 1.18 bits per heavy atom. The van der Waals surface area contributed by atoms with Gasteiger partial charge in [-0.25, -0.2) is 8.42 Å². The molecule has 0 amide bonds. The van der Waals surface area contributed by atoms with Crippen LogP contribution in [0.4, 0.5) is 11.4 Å². The Kier molecular flexibility index (Phi) is 7.24. The van der Waals surface area contributed by atoms with Crippen molar-refractivity contribution < 1.29 is 13.3 Å². The molecule has 9 heteroatoms. The summed E-state index contributed by atoms with van der Waals surface area (Å²) < 4.78 is 27.1. The normalized spacial score (nSPS) is 13.0. The first-order valence-corrected chi connectivity index (χ1v) is 10.4. The molecule has 28 heavy (non-hydrogen) atoms. The first-order chi connectivity index (χ1) is 13.3. The molecule has 2 aromatic rings. The third-order valence-electron chi connectivity index (χ3n) is 4.31. The van der Waals surface area contributed by atoms with Gasteiger partial charge in [0.1, 0.15) is 4.90 Å². The second-order valence-electron chi connectivity index (χ2n) is 6.12. The van der Waals surface area contributed by atoms with Gasteiger partial charge in [-0.3, -0.25) is 15.5 Å². The summed E-state index contributed by atoms with van der Waals surface area (Å²) in [7, 11) is -3.90. The third kappa shape index (κ3) is 4.93. The highest BCUT2D eigenvalue weighted by atomic mass is 32.2. The van der Waals surface area contributed by atoms with E-state index in [0.717, 1.165) is 11.6 Å². The zero-order valence-electron chi connectivity index (χ0n) is 16.1. The van der Waals surface area contributed by atoms with E-state index >= 15 is 0 Å². The van der Waals surface area contributed by atoms with Gasteiger partial charge < -0.3 is 0 Å². The van der Waals surface area contributed by atoms with Gasteiger partial charge in [-0.15, -0.1) is 0 Å². The highest BCUT2D eigenvalue weighted by molar-refractivity contribution is 7.89. The van der Waals surface area contributed by atoms with Crippen molar-refractivity contribution in [3.63, 3.8) is 0 Å². The Balaban J connectivity index is 2.36. The fraction of sp³-hybridized carbons (Fsp3) is 0.316. The number of nitrogens with one attached hydrogen (secondary N) is 1. The minimum atomic E-state index is -3.90. The summed E-state index contributed by atoms with van der Waals surface area (Å²) >= 11 is 0. The van der Waals surface area contributed by atoms with E-state index in [-0.39, 0.29) is 35.3 Å². The lowest BCUT2D eigenvalue weighted by atomic mass is 10.0. The molecule has 0 aromatic heterocycles.